The molecule has 0 amide bonds. The molecule has 0 aliphatic rings. The van der Waals surface area contributed by atoms with Crippen LogP contribution in [0, 0.1) is 0 Å². The van der Waals surface area contributed by atoms with Crippen molar-refractivity contribution in [3.8, 4) is 16.9 Å². The Morgan fingerprint density at radius 1 is 0.857 bits per heavy atom. The van der Waals surface area contributed by atoms with Gasteiger partial charge in [0.05, 0.1) is 34.7 Å². The first kappa shape index (κ1) is 22.5. The molecule has 1 aromatic heterocycles. The van der Waals surface area contributed by atoms with Gasteiger partial charge in [0.25, 0.3) is 0 Å². The highest BCUT2D eigenvalue weighted by Gasteiger charge is 2.33. The molecule has 0 saturated carbocycles. The average Bonchev–Trinajstić information content (AvgIpc) is 3.17. The number of aromatic hydroxyl groups is 1. The lowest BCUT2D eigenvalue weighted by Crippen LogP contribution is -2.11. The standard InChI is InChI=1S/C28H20F3NO3/c1-35-27(34)20-11-7-13-22-25(20)26-23(14-19(15-24(26)33)17-8-3-2-4-9-17)32(22)16-18-10-5-6-12-21(18)28(29,30)31/h2-15,33H,16H2,1H3. The minimum Gasteiger partial charge on any atom is -0.507 e. The largest absolute Gasteiger partial charge is 0.507 e. The van der Waals surface area contributed by atoms with E-state index in [0.717, 1.165) is 11.6 Å². The summed E-state index contributed by atoms with van der Waals surface area (Å²) < 4.78 is 47.9. The van der Waals surface area contributed by atoms with Crippen molar-refractivity contribution >= 4 is 27.8 Å². The van der Waals surface area contributed by atoms with Gasteiger partial charge in [-0.25, -0.2) is 4.79 Å². The Bertz CT molecular complexity index is 1570. The summed E-state index contributed by atoms with van der Waals surface area (Å²) >= 11 is 0. The molecule has 0 fully saturated rings. The Balaban J connectivity index is 1.85. The Kier molecular flexibility index (Phi) is 5.47. The van der Waals surface area contributed by atoms with Crippen LogP contribution in [-0.2, 0) is 17.5 Å². The molecule has 35 heavy (non-hydrogen) atoms. The Morgan fingerprint density at radius 2 is 1.57 bits per heavy atom. The lowest BCUT2D eigenvalue weighted by Gasteiger charge is -2.15. The van der Waals surface area contributed by atoms with E-state index in [2.05, 4.69) is 0 Å². The number of carbonyl (C=O) groups is 1. The number of rotatable bonds is 4. The van der Waals surface area contributed by atoms with Crippen molar-refractivity contribution in [2.75, 3.05) is 7.11 Å². The molecule has 5 aromatic rings. The van der Waals surface area contributed by atoms with Crippen molar-refractivity contribution in [1.82, 2.24) is 4.57 Å². The highest BCUT2D eigenvalue weighted by atomic mass is 19.4. The number of nitrogens with zero attached hydrogens (tertiary/aromatic N) is 1. The summed E-state index contributed by atoms with van der Waals surface area (Å²) in [4.78, 5) is 12.6. The summed E-state index contributed by atoms with van der Waals surface area (Å²) in [6, 6.07) is 23.1. The molecule has 0 spiro atoms. The fourth-order valence-electron chi connectivity index (χ4n) is 4.59. The Morgan fingerprint density at radius 3 is 2.29 bits per heavy atom. The summed E-state index contributed by atoms with van der Waals surface area (Å²) in [6.07, 6.45) is -4.52. The van der Waals surface area contributed by atoms with Gasteiger partial charge in [0, 0.05) is 11.9 Å². The first-order valence-electron chi connectivity index (χ1n) is 10.9. The first-order chi connectivity index (χ1) is 16.8. The van der Waals surface area contributed by atoms with Crippen molar-refractivity contribution in [3.63, 3.8) is 0 Å². The lowest BCUT2D eigenvalue weighted by molar-refractivity contribution is -0.138. The molecule has 4 nitrogen and oxygen atoms in total. The van der Waals surface area contributed by atoms with Gasteiger partial charge >= 0.3 is 12.1 Å². The molecular formula is C28H20F3NO3. The lowest BCUT2D eigenvalue weighted by atomic mass is 10.0. The third-order valence-corrected chi connectivity index (χ3v) is 6.13. The molecule has 4 aromatic carbocycles. The molecule has 0 saturated heterocycles. The number of fused-ring (bicyclic) bond motifs is 3. The third kappa shape index (κ3) is 3.89. The summed E-state index contributed by atoms with van der Waals surface area (Å²) in [7, 11) is 1.26. The molecule has 1 heterocycles. The number of alkyl halides is 3. The number of hydrogen-bond acceptors (Lipinski definition) is 3. The van der Waals surface area contributed by atoms with Crippen molar-refractivity contribution in [2.24, 2.45) is 0 Å². The highest BCUT2D eigenvalue weighted by molar-refractivity contribution is 6.19. The van der Waals surface area contributed by atoms with Gasteiger partial charge in [-0.1, -0.05) is 54.6 Å². The van der Waals surface area contributed by atoms with E-state index in [1.54, 1.807) is 34.9 Å². The second kappa shape index (κ2) is 8.51. The van der Waals surface area contributed by atoms with Crippen molar-refractivity contribution in [1.29, 1.82) is 0 Å². The molecule has 1 N–H and O–H groups in total. The van der Waals surface area contributed by atoms with Crippen LogP contribution in [0.5, 0.6) is 5.75 Å². The number of ether oxygens (including phenoxy) is 1. The molecule has 0 aliphatic carbocycles. The zero-order chi connectivity index (χ0) is 24.7. The summed E-state index contributed by atoms with van der Waals surface area (Å²) in [6.45, 7) is -0.113. The fraction of sp³-hybridized carbons (Fsp3) is 0.107. The van der Waals surface area contributed by atoms with E-state index >= 15 is 0 Å². The zero-order valence-corrected chi connectivity index (χ0v) is 18.6. The van der Waals surface area contributed by atoms with Crippen molar-refractivity contribution < 1.29 is 27.8 Å². The third-order valence-electron chi connectivity index (χ3n) is 6.13. The molecule has 0 unspecified atom stereocenters. The molecule has 0 atom stereocenters. The fourth-order valence-corrected chi connectivity index (χ4v) is 4.59. The van der Waals surface area contributed by atoms with E-state index in [9.17, 15) is 23.1 Å². The number of phenols is 1. The van der Waals surface area contributed by atoms with Crippen LogP contribution in [0.25, 0.3) is 32.9 Å². The number of esters is 1. The van der Waals surface area contributed by atoms with Gasteiger partial charge in [-0.15, -0.1) is 0 Å². The number of halogens is 3. The smallest absolute Gasteiger partial charge is 0.416 e. The molecule has 0 bridgehead atoms. The van der Waals surface area contributed by atoms with Gasteiger partial charge in [-0.3, -0.25) is 0 Å². The normalized spacial score (nSPS) is 11.8. The number of benzene rings is 4. The molecule has 0 aliphatic heterocycles. The van der Waals surface area contributed by atoms with E-state index in [-0.39, 0.29) is 23.4 Å². The summed E-state index contributed by atoms with van der Waals surface area (Å²) in [5.41, 5.74) is 2.12. The summed E-state index contributed by atoms with van der Waals surface area (Å²) in [5.74, 6) is -0.678. The van der Waals surface area contributed by atoms with Gasteiger partial charge in [-0.05, 0) is 47.0 Å². The van der Waals surface area contributed by atoms with Crippen LogP contribution in [-0.4, -0.2) is 22.8 Å². The minimum absolute atomic E-state index is 0.0758. The van der Waals surface area contributed by atoms with Crippen LogP contribution in [0.3, 0.4) is 0 Å². The van der Waals surface area contributed by atoms with Gasteiger partial charge in [0.15, 0.2) is 0 Å². The van der Waals surface area contributed by atoms with Gasteiger partial charge < -0.3 is 14.4 Å². The monoisotopic (exact) mass is 475 g/mol. The molecule has 0 radical (unpaired) electrons. The van der Waals surface area contributed by atoms with Crippen LogP contribution >= 0.6 is 0 Å². The number of hydrogen-bond donors (Lipinski definition) is 1. The van der Waals surface area contributed by atoms with E-state index < -0.39 is 17.7 Å². The van der Waals surface area contributed by atoms with E-state index in [1.165, 1.54) is 19.2 Å². The molecule has 7 heteroatoms. The summed E-state index contributed by atoms with van der Waals surface area (Å²) in [5, 5.41) is 11.9. The number of aromatic nitrogens is 1. The minimum atomic E-state index is -4.52. The Hall–Kier alpha value is -4.26. The Labute approximate surface area is 198 Å². The molecular weight excluding hydrogens is 455 g/mol. The predicted molar refractivity (Wildman–Crippen MR) is 128 cm³/mol. The van der Waals surface area contributed by atoms with Crippen molar-refractivity contribution in [2.45, 2.75) is 12.7 Å². The van der Waals surface area contributed by atoms with Gasteiger partial charge in [0.1, 0.15) is 5.75 Å². The first-order valence-corrected chi connectivity index (χ1v) is 10.9. The van der Waals surface area contributed by atoms with E-state index in [1.807, 2.05) is 36.4 Å². The maximum Gasteiger partial charge on any atom is 0.416 e. The van der Waals surface area contributed by atoms with Gasteiger partial charge in [0.2, 0.25) is 0 Å². The van der Waals surface area contributed by atoms with Crippen LogP contribution in [0.4, 0.5) is 13.2 Å². The average molecular weight is 475 g/mol. The number of phenolic OH excluding ortho intramolecular Hbond substituents is 1. The van der Waals surface area contributed by atoms with Crippen LogP contribution < -0.4 is 0 Å². The number of methoxy groups -OCH3 is 1. The zero-order valence-electron chi connectivity index (χ0n) is 18.6. The maximum absolute atomic E-state index is 13.8. The van der Waals surface area contributed by atoms with Crippen LogP contribution in [0.15, 0.2) is 84.9 Å². The van der Waals surface area contributed by atoms with E-state index in [0.29, 0.717) is 27.4 Å². The second-order valence-electron chi connectivity index (χ2n) is 8.19. The predicted octanol–water partition coefficient (Wildman–Crippen LogP) is 7.02. The number of carbonyl (C=O) groups excluding carboxylic acids is 1. The maximum atomic E-state index is 13.8. The van der Waals surface area contributed by atoms with Gasteiger partial charge in [-0.2, -0.15) is 13.2 Å². The second-order valence-corrected chi connectivity index (χ2v) is 8.19. The topological polar surface area (TPSA) is 51.5 Å². The van der Waals surface area contributed by atoms with E-state index in [4.69, 9.17) is 4.74 Å². The SMILES string of the molecule is COC(=O)c1cccc2c1c1c(O)cc(-c3ccccc3)cc1n2Cc1ccccc1C(F)(F)F. The quantitative estimate of drug-likeness (QED) is 0.284. The van der Waals surface area contributed by atoms with Crippen LogP contribution in [0.2, 0.25) is 0 Å². The van der Waals surface area contributed by atoms with Crippen molar-refractivity contribution in [3.05, 3.63) is 102 Å². The van der Waals surface area contributed by atoms with Crippen LogP contribution in [0.1, 0.15) is 21.5 Å². The molecule has 176 valence electrons. The highest BCUT2D eigenvalue weighted by Crippen LogP contribution is 2.41. The molecule has 5 rings (SSSR count).